The highest BCUT2D eigenvalue weighted by atomic mass is 32.1. The minimum atomic E-state index is 0.114. The van der Waals surface area contributed by atoms with Gasteiger partial charge < -0.3 is 9.80 Å². The van der Waals surface area contributed by atoms with Gasteiger partial charge in [0.25, 0.3) is 0 Å². The van der Waals surface area contributed by atoms with Crippen LogP contribution in [-0.2, 0) is 16.0 Å². The maximum atomic E-state index is 12.5. The van der Waals surface area contributed by atoms with Gasteiger partial charge in [0.15, 0.2) is 0 Å². The van der Waals surface area contributed by atoms with Crippen LogP contribution in [0.3, 0.4) is 0 Å². The number of benzene rings is 1. The minimum Gasteiger partial charge on any atom is -0.342 e. The van der Waals surface area contributed by atoms with E-state index in [0.717, 1.165) is 27.6 Å². The molecule has 0 bridgehead atoms. The fourth-order valence-electron chi connectivity index (χ4n) is 2.82. The second-order valence-corrected chi connectivity index (χ2v) is 7.18. The number of aromatic nitrogens is 1. The quantitative estimate of drug-likeness (QED) is 0.800. The SMILES string of the molecule is Cc1cccc(-c2nc(C)c(CC(=O)N3CCN(C=O)CC3)s2)c1. The Labute approximate surface area is 145 Å². The summed E-state index contributed by atoms with van der Waals surface area (Å²) in [5.74, 6) is 0.114. The van der Waals surface area contributed by atoms with Crippen molar-refractivity contribution in [2.24, 2.45) is 0 Å². The lowest BCUT2D eigenvalue weighted by molar-refractivity contribution is -0.134. The second-order valence-electron chi connectivity index (χ2n) is 6.10. The molecule has 1 aliphatic rings. The first-order valence-electron chi connectivity index (χ1n) is 8.07. The molecule has 2 aromatic rings. The van der Waals surface area contributed by atoms with Gasteiger partial charge in [0.2, 0.25) is 12.3 Å². The molecule has 3 rings (SSSR count). The van der Waals surface area contributed by atoms with Crippen molar-refractivity contribution < 1.29 is 9.59 Å². The number of rotatable bonds is 4. The summed E-state index contributed by atoms with van der Waals surface area (Å²) < 4.78 is 0. The molecule has 2 amide bonds. The molecule has 0 atom stereocenters. The third kappa shape index (κ3) is 3.64. The number of hydrogen-bond acceptors (Lipinski definition) is 4. The van der Waals surface area contributed by atoms with E-state index in [9.17, 15) is 9.59 Å². The molecule has 1 fully saturated rings. The van der Waals surface area contributed by atoms with Crippen molar-refractivity contribution >= 4 is 23.7 Å². The summed E-state index contributed by atoms with van der Waals surface area (Å²) in [4.78, 5) is 32.5. The molecule has 6 heteroatoms. The number of aryl methyl sites for hydroxylation is 2. The van der Waals surface area contributed by atoms with Crippen molar-refractivity contribution in [1.29, 1.82) is 0 Å². The van der Waals surface area contributed by atoms with Gasteiger partial charge >= 0.3 is 0 Å². The van der Waals surface area contributed by atoms with Gasteiger partial charge in [-0.3, -0.25) is 9.59 Å². The van der Waals surface area contributed by atoms with Crippen LogP contribution in [0.4, 0.5) is 0 Å². The number of thiazole rings is 1. The van der Waals surface area contributed by atoms with Gasteiger partial charge in [0.1, 0.15) is 5.01 Å². The largest absolute Gasteiger partial charge is 0.342 e. The van der Waals surface area contributed by atoms with Crippen LogP contribution in [0.1, 0.15) is 16.1 Å². The van der Waals surface area contributed by atoms with Gasteiger partial charge in [-0.2, -0.15) is 0 Å². The number of carbonyl (C=O) groups is 2. The van der Waals surface area contributed by atoms with Crippen LogP contribution in [0.25, 0.3) is 10.6 Å². The van der Waals surface area contributed by atoms with E-state index in [-0.39, 0.29) is 5.91 Å². The number of nitrogens with zero attached hydrogens (tertiary/aromatic N) is 3. The Hall–Kier alpha value is -2.21. The summed E-state index contributed by atoms with van der Waals surface area (Å²) in [7, 11) is 0. The maximum Gasteiger partial charge on any atom is 0.228 e. The Bertz CT molecular complexity index is 748. The van der Waals surface area contributed by atoms with Gasteiger partial charge in [-0.1, -0.05) is 23.8 Å². The molecule has 1 aliphatic heterocycles. The lowest BCUT2D eigenvalue weighted by atomic mass is 10.1. The summed E-state index contributed by atoms with van der Waals surface area (Å²) in [6.45, 7) is 6.48. The van der Waals surface area contributed by atoms with Gasteiger partial charge in [-0.05, 0) is 19.9 Å². The van der Waals surface area contributed by atoms with Crippen molar-refractivity contribution in [3.05, 3.63) is 40.4 Å². The monoisotopic (exact) mass is 343 g/mol. The lowest BCUT2D eigenvalue weighted by Crippen LogP contribution is -2.48. The van der Waals surface area contributed by atoms with E-state index in [1.807, 2.05) is 17.9 Å². The molecule has 0 unspecified atom stereocenters. The van der Waals surface area contributed by atoms with Crippen LogP contribution < -0.4 is 0 Å². The summed E-state index contributed by atoms with van der Waals surface area (Å²) in [6, 6.07) is 8.25. The normalized spacial score (nSPS) is 14.8. The summed E-state index contributed by atoms with van der Waals surface area (Å²) in [5, 5.41) is 0.963. The van der Waals surface area contributed by atoms with E-state index in [2.05, 4.69) is 30.1 Å². The summed E-state index contributed by atoms with van der Waals surface area (Å²) >= 11 is 1.59. The molecule has 0 N–H and O–H groups in total. The van der Waals surface area contributed by atoms with E-state index in [4.69, 9.17) is 0 Å². The zero-order valence-electron chi connectivity index (χ0n) is 14.0. The number of carbonyl (C=O) groups excluding carboxylic acids is 2. The molecule has 0 saturated carbocycles. The molecule has 0 radical (unpaired) electrons. The smallest absolute Gasteiger partial charge is 0.228 e. The molecule has 24 heavy (non-hydrogen) atoms. The van der Waals surface area contributed by atoms with E-state index in [1.54, 1.807) is 16.2 Å². The first-order valence-corrected chi connectivity index (χ1v) is 8.89. The van der Waals surface area contributed by atoms with Gasteiger partial charge in [0, 0.05) is 36.6 Å². The van der Waals surface area contributed by atoms with Crippen LogP contribution in [0, 0.1) is 13.8 Å². The number of hydrogen-bond donors (Lipinski definition) is 0. The number of piperazine rings is 1. The standard InChI is InChI=1S/C18H21N3O2S/c1-13-4-3-5-15(10-13)18-19-14(2)16(24-18)11-17(23)21-8-6-20(12-22)7-9-21/h3-5,10,12H,6-9,11H2,1-2H3. The van der Waals surface area contributed by atoms with Crippen molar-refractivity contribution in [2.75, 3.05) is 26.2 Å². The van der Waals surface area contributed by atoms with Crippen molar-refractivity contribution in [3.8, 4) is 10.6 Å². The zero-order chi connectivity index (χ0) is 17.1. The molecule has 0 aliphatic carbocycles. The predicted molar refractivity (Wildman–Crippen MR) is 94.9 cm³/mol. The van der Waals surface area contributed by atoms with E-state index >= 15 is 0 Å². The highest BCUT2D eigenvalue weighted by Crippen LogP contribution is 2.29. The van der Waals surface area contributed by atoms with Crippen LogP contribution in [0.15, 0.2) is 24.3 Å². The third-order valence-electron chi connectivity index (χ3n) is 4.29. The van der Waals surface area contributed by atoms with Crippen molar-refractivity contribution in [2.45, 2.75) is 20.3 Å². The van der Waals surface area contributed by atoms with Crippen LogP contribution in [0.2, 0.25) is 0 Å². The Kier molecular flexibility index (Phi) is 4.94. The van der Waals surface area contributed by atoms with Crippen LogP contribution in [0.5, 0.6) is 0 Å². The zero-order valence-corrected chi connectivity index (χ0v) is 14.8. The predicted octanol–water partition coefficient (Wildman–Crippen LogP) is 2.27. The lowest BCUT2D eigenvalue weighted by Gasteiger charge is -2.32. The van der Waals surface area contributed by atoms with Gasteiger partial charge in [-0.15, -0.1) is 11.3 Å². The molecule has 5 nitrogen and oxygen atoms in total. The fourth-order valence-corrected chi connectivity index (χ4v) is 3.87. The van der Waals surface area contributed by atoms with Gasteiger partial charge in [0.05, 0.1) is 12.1 Å². The van der Waals surface area contributed by atoms with E-state index in [0.29, 0.717) is 32.6 Å². The third-order valence-corrected chi connectivity index (χ3v) is 5.49. The maximum absolute atomic E-state index is 12.5. The first kappa shape index (κ1) is 16.6. The molecular formula is C18H21N3O2S. The molecule has 1 aromatic heterocycles. The summed E-state index contributed by atoms with van der Waals surface area (Å²) in [5.41, 5.74) is 3.23. The second kappa shape index (κ2) is 7.13. The van der Waals surface area contributed by atoms with Crippen molar-refractivity contribution in [1.82, 2.24) is 14.8 Å². The molecule has 0 spiro atoms. The fraction of sp³-hybridized carbons (Fsp3) is 0.389. The van der Waals surface area contributed by atoms with Crippen LogP contribution >= 0.6 is 11.3 Å². The van der Waals surface area contributed by atoms with E-state index < -0.39 is 0 Å². The first-order chi connectivity index (χ1) is 11.6. The molecule has 1 saturated heterocycles. The number of amides is 2. The Morgan fingerprint density at radius 1 is 1.25 bits per heavy atom. The Balaban J connectivity index is 1.69. The average molecular weight is 343 g/mol. The van der Waals surface area contributed by atoms with Crippen LogP contribution in [-0.4, -0.2) is 53.3 Å². The van der Waals surface area contributed by atoms with E-state index in [1.165, 1.54) is 5.56 Å². The highest BCUT2D eigenvalue weighted by molar-refractivity contribution is 7.15. The molecular weight excluding hydrogens is 322 g/mol. The average Bonchev–Trinajstić information content (AvgIpc) is 2.96. The Morgan fingerprint density at radius 3 is 2.67 bits per heavy atom. The van der Waals surface area contributed by atoms with Crippen molar-refractivity contribution in [3.63, 3.8) is 0 Å². The molecule has 1 aromatic carbocycles. The summed E-state index contributed by atoms with van der Waals surface area (Å²) in [6.07, 6.45) is 1.24. The highest BCUT2D eigenvalue weighted by Gasteiger charge is 2.22. The Morgan fingerprint density at radius 2 is 2.00 bits per heavy atom. The van der Waals surface area contributed by atoms with Gasteiger partial charge in [-0.25, -0.2) is 4.98 Å². The topological polar surface area (TPSA) is 53.5 Å². The minimum absolute atomic E-state index is 0.114. The molecule has 2 heterocycles. The molecule has 126 valence electrons.